The molecule has 0 atom stereocenters. The average Bonchev–Trinajstić information content (AvgIpc) is 2.05. The molecule has 0 fully saturated rings. The van der Waals surface area contributed by atoms with E-state index in [-0.39, 0.29) is 29.6 Å². The number of carboxylic acids is 1. The third-order valence-corrected chi connectivity index (χ3v) is 1.02. The molecule has 72 valence electrons. The first-order chi connectivity index (χ1) is 6.04. The van der Waals surface area contributed by atoms with Crippen LogP contribution in [0.15, 0.2) is 30.3 Å². The summed E-state index contributed by atoms with van der Waals surface area (Å²) in [6.45, 7) is -3.08. The molecule has 6 heteroatoms. The molecule has 0 bridgehead atoms. The number of rotatable bonds is 1. The van der Waals surface area contributed by atoms with Crippen molar-refractivity contribution >= 4 is 5.97 Å². The van der Waals surface area contributed by atoms with Crippen molar-refractivity contribution in [1.29, 1.82) is 0 Å². The van der Waals surface area contributed by atoms with Crippen LogP contribution in [0.4, 0.5) is 13.2 Å². The molecule has 0 unspecified atom stereocenters. The number of hydrogen-bond acceptors (Lipinski definition) is 1. The van der Waals surface area contributed by atoms with Crippen LogP contribution < -0.4 is 29.6 Å². The van der Waals surface area contributed by atoms with E-state index >= 15 is 0 Å². The van der Waals surface area contributed by atoms with Gasteiger partial charge in [-0.15, -0.1) is 0 Å². The van der Waals surface area contributed by atoms with Crippen LogP contribution in [0.5, 0.6) is 0 Å². The molecule has 0 amide bonds. The molecule has 14 heavy (non-hydrogen) atoms. The van der Waals surface area contributed by atoms with Gasteiger partial charge in [0.1, 0.15) is 0 Å². The van der Waals surface area contributed by atoms with Crippen molar-refractivity contribution in [3.8, 4) is 0 Å². The second kappa shape index (κ2) is 9.05. The van der Waals surface area contributed by atoms with Crippen molar-refractivity contribution in [3.63, 3.8) is 0 Å². The van der Waals surface area contributed by atoms with Gasteiger partial charge in [0.15, 0.2) is 6.68 Å². The summed E-state index contributed by atoms with van der Waals surface area (Å²) in [4.78, 5) is 10.2. The van der Waals surface area contributed by atoms with Gasteiger partial charge in [0.25, 0.3) is 0 Å². The maximum atomic E-state index is 10.2. The molecule has 0 saturated heterocycles. The molecule has 0 radical (unpaired) electrons. The number of carbonyl (C=O) groups is 1. The molecule has 1 N–H and O–H groups in total. The molecule has 0 spiro atoms. The summed E-state index contributed by atoms with van der Waals surface area (Å²) in [5, 5.41) is 8.38. The zero-order valence-electron chi connectivity index (χ0n) is 7.38. The predicted octanol–water partition coefficient (Wildman–Crippen LogP) is -0.269. The summed E-state index contributed by atoms with van der Waals surface area (Å²) in [6.07, 6.45) is 0. The van der Waals surface area contributed by atoms with Gasteiger partial charge in [-0.1, -0.05) is 18.2 Å². The number of hydrogen-bond donors (Lipinski definition) is 1. The first-order valence-electron chi connectivity index (χ1n) is 3.16. The fourth-order valence-corrected chi connectivity index (χ4v) is 0.581. The standard InChI is InChI=1S/C7H6O2.CF3.Na/c8-7(9)6-4-2-1-3-5-6;2-1(3)4;/h1-5H,(H,8,9);;/q;-1;+1. The van der Waals surface area contributed by atoms with Crippen LogP contribution >= 0.6 is 0 Å². The van der Waals surface area contributed by atoms with Gasteiger partial charge in [-0.25, -0.2) is 4.79 Å². The van der Waals surface area contributed by atoms with E-state index in [2.05, 4.69) is 0 Å². The molecule has 0 aliphatic carbocycles. The monoisotopic (exact) mass is 214 g/mol. The second-order valence-electron chi connectivity index (χ2n) is 1.89. The minimum atomic E-state index is -3.08. The Morgan fingerprint density at radius 3 is 1.71 bits per heavy atom. The molecule has 1 aromatic rings. The van der Waals surface area contributed by atoms with Gasteiger partial charge in [-0.05, 0) is 12.1 Å². The smallest absolute Gasteiger partial charge is 0.478 e. The van der Waals surface area contributed by atoms with E-state index in [4.69, 9.17) is 5.11 Å². The zero-order chi connectivity index (χ0) is 10.3. The van der Waals surface area contributed by atoms with E-state index in [1.165, 1.54) is 0 Å². The fraction of sp³-hybridized carbons (Fsp3) is 0. The van der Waals surface area contributed by atoms with Crippen molar-refractivity contribution in [2.75, 3.05) is 0 Å². The van der Waals surface area contributed by atoms with E-state index in [1.54, 1.807) is 30.3 Å². The quantitative estimate of drug-likeness (QED) is 0.516. The number of halogens is 3. The Labute approximate surface area is 101 Å². The van der Waals surface area contributed by atoms with Crippen LogP contribution in [0, 0.1) is 6.68 Å². The van der Waals surface area contributed by atoms with E-state index in [9.17, 15) is 18.0 Å². The topological polar surface area (TPSA) is 37.3 Å². The minimum absolute atomic E-state index is 0. The van der Waals surface area contributed by atoms with Crippen molar-refractivity contribution in [2.45, 2.75) is 0 Å². The maximum Gasteiger partial charge on any atom is 1.00 e. The van der Waals surface area contributed by atoms with Crippen LogP contribution in [0.3, 0.4) is 0 Å². The average molecular weight is 214 g/mol. The largest absolute Gasteiger partial charge is 1.00 e. The zero-order valence-corrected chi connectivity index (χ0v) is 9.38. The molecular formula is C8H6F3NaO2. The van der Waals surface area contributed by atoms with Crippen LogP contribution in [0.2, 0.25) is 0 Å². The molecule has 0 aliphatic rings. The molecular weight excluding hydrogens is 208 g/mol. The Hall–Kier alpha value is -0.520. The Morgan fingerprint density at radius 2 is 1.50 bits per heavy atom. The fourth-order valence-electron chi connectivity index (χ4n) is 0.581. The van der Waals surface area contributed by atoms with Crippen molar-refractivity contribution in [1.82, 2.24) is 0 Å². The van der Waals surface area contributed by atoms with E-state index in [0.717, 1.165) is 0 Å². The van der Waals surface area contributed by atoms with Gasteiger partial charge in [-0.3, -0.25) is 0 Å². The first kappa shape index (κ1) is 15.9. The summed E-state index contributed by atoms with van der Waals surface area (Å²) in [7, 11) is 0. The van der Waals surface area contributed by atoms with Crippen molar-refractivity contribution in [2.24, 2.45) is 0 Å². The Kier molecular flexibility index (Phi) is 10.3. The van der Waals surface area contributed by atoms with Gasteiger partial charge in [0, 0.05) is 0 Å². The predicted molar refractivity (Wildman–Crippen MR) is 40.0 cm³/mol. The molecule has 0 aromatic heterocycles. The molecule has 2 nitrogen and oxygen atoms in total. The van der Waals surface area contributed by atoms with Crippen LogP contribution in [-0.2, 0) is 0 Å². The minimum Gasteiger partial charge on any atom is -0.478 e. The summed E-state index contributed by atoms with van der Waals surface area (Å²) in [5.41, 5.74) is 0.331. The summed E-state index contributed by atoms with van der Waals surface area (Å²) >= 11 is 0. The van der Waals surface area contributed by atoms with Gasteiger partial charge >= 0.3 is 35.5 Å². The van der Waals surface area contributed by atoms with E-state index in [1.807, 2.05) is 0 Å². The van der Waals surface area contributed by atoms with Gasteiger partial charge in [-0.2, -0.15) is 0 Å². The Bertz CT molecular complexity index is 251. The molecule has 1 aromatic carbocycles. The third-order valence-electron chi connectivity index (χ3n) is 1.02. The summed E-state index contributed by atoms with van der Waals surface area (Å²) < 4.78 is 28.8. The van der Waals surface area contributed by atoms with Gasteiger partial charge in [0.05, 0.1) is 5.56 Å². The van der Waals surface area contributed by atoms with Gasteiger partial charge in [0.2, 0.25) is 0 Å². The van der Waals surface area contributed by atoms with Crippen LogP contribution in [-0.4, -0.2) is 11.1 Å². The van der Waals surface area contributed by atoms with Crippen LogP contribution in [0.1, 0.15) is 10.4 Å². The summed E-state index contributed by atoms with van der Waals surface area (Å²) in [5.74, 6) is -0.879. The van der Waals surface area contributed by atoms with Gasteiger partial charge < -0.3 is 18.3 Å². The molecule has 0 aliphatic heterocycles. The molecule has 0 heterocycles. The Balaban J connectivity index is 0. The number of benzene rings is 1. The van der Waals surface area contributed by atoms with E-state index < -0.39 is 12.6 Å². The second-order valence-corrected chi connectivity index (χ2v) is 1.89. The van der Waals surface area contributed by atoms with Crippen molar-refractivity contribution < 1.29 is 52.6 Å². The third kappa shape index (κ3) is 9.57. The molecule has 0 saturated carbocycles. The molecule has 1 rings (SSSR count). The Morgan fingerprint density at radius 1 is 1.14 bits per heavy atom. The first-order valence-corrected chi connectivity index (χ1v) is 3.16. The maximum absolute atomic E-state index is 10.2. The number of aromatic carboxylic acids is 1. The number of carboxylic acid groups (broad SMARTS) is 1. The van der Waals surface area contributed by atoms with Crippen molar-refractivity contribution in [3.05, 3.63) is 42.6 Å². The van der Waals surface area contributed by atoms with Crippen LogP contribution in [0.25, 0.3) is 0 Å². The SMILES string of the molecule is F[C-](F)F.O=C(O)c1ccccc1.[Na+]. The van der Waals surface area contributed by atoms with E-state index in [0.29, 0.717) is 5.56 Å². The summed E-state index contributed by atoms with van der Waals surface area (Å²) in [6, 6.07) is 8.30. The normalized spacial score (nSPS) is 8.29.